The first kappa shape index (κ1) is 17.0. The maximum Gasteiger partial charge on any atom is 0.220 e. The smallest absolute Gasteiger partial charge is 0.220 e. The van der Waals surface area contributed by atoms with E-state index < -0.39 is 0 Å². The van der Waals surface area contributed by atoms with Gasteiger partial charge in [0.05, 0.1) is 12.7 Å². The van der Waals surface area contributed by atoms with Crippen LogP contribution in [0.3, 0.4) is 0 Å². The number of carbonyl (C=O) groups is 1. The molecule has 1 aromatic heterocycles. The number of hydrogen-bond acceptors (Lipinski definition) is 4. The van der Waals surface area contributed by atoms with Gasteiger partial charge in [-0.2, -0.15) is 0 Å². The number of benzene rings is 1. The number of aryl methyl sites for hydroxylation is 1. The average molecular weight is 344 g/mol. The molecule has 1 aromatic carbocycles. The van der Waals surface area contributed by atoms with E-state index in [-0.39, 0.29) is 12.0 Å². The summed E-state index contributed by atoms with van der Waals surface area (Å²) in [5.41, 5.74) is 1.24. The maximum absolute atomic E-state index is 11.9. The second kappa shape index (κ2) is 8.85. The first-order valence-electron chi connectivity index (χ1n) is 8.52. The van der Waals surface area contributed by atoms with E-state index in [1.54, 1.807) is 11.3 Å². The molecule has 0 aliphatic carbocycles. The summed E-state index contributed by atoms with van der Waals surface area (Å²) >= 11 is 1.70. The zero-order chi connectivity index (χ0) is 16.6. The van der Waals surface area contributed by atoms with Gasteiger partial charge in [0.1, 0.15) is 0 Å². The van der Waals surface area contributed by atoms with Gasteiger partial charge in [-0.25, -0.2) is 0 Å². The second-order valence-corrected chi connectivity index (χ2v) is 7.02. The zero-order valence-electron chi connectivity index (χ0n) is 13.8. The topological polar surface area (TPSA) is 41.6 Å². The first-order chi connectivity index (χ1) is 11.8. The molecule has 5 heteroatoms. The van der Waals surface area contributed by atoms with E-state index in [1.165, 1.54) is 10.6 Å². The second-order valence-electron chi connectivity index (χ2n) is 5.99. The molecule has 2 heterocycles. The van der Waals surface area contributed by atoms with Crippen molar-refractivity contribution in [3.63, 3.8) is 0 Å². The average Bonchev–Trinajstić information content (AvgIpc) is 3.15. The van der Waals surface area contributed by atoms with Crippen molar-refractivity contribution in [2.75, 3.05) is 31.1 Å². The summed E-state index contributed by atoms with van der Waals surface area (Å²) in [6.45, 7) is 3.23. The molecule has 1 aliphatic rings. The molecule has 1 unspecified atom stereocenters. The zero-order valence-corrected chi connectivity index (χ0v) is 14.6. The Balaban J connectivity index is 1.36. The van der Waals surface area contributed by atoms with Gasteiger partial charge in [0.25, 0.3) is 0 Å². The number of nitrogens with zero attached hydrogens (tertiary/aromatic N) is 1. The summed E-state index contributed by atoms with van der Waals surface area (Å²) < 4.78 is 5.84. The van der Waals surface area contributed by atoms with E-state index in [4.69, 9.17) is 4.74 Å². The minimum atomic E-state index is 0.124. The summed E-state index contributed by atoms with van der Waals surface area (Å²) in [5, 5.41) is 5.06. The highest BCUT2D eigenvalue weighted by atomic mass is 32.1. The predicted molar refractivity (Wildman–Crippen MR) is 98.7 cm³/mol. The Morgan fingerprint density at radius 3 is 2.92 bits per heavy atom. The number of anilines is 1. The Morgan fingerprint density at radius 1 is 1.25 bits per heavy atom. The van der Waals surface area contributed by atoms with Gasteiger partial charge in [-0.1, -0.05) is 24.3 Å². The van der Waals surface area contributed by atoms with Crippen LogP contribution in [0.1, 0.15) is 17.7 Å². The molecule has 0 radical (unpaired) electrons. The number of thiophene rings is 1. The van der Waals surface area contributed by atoms with Crippen LogP contribution in [0.2, 0.25) is 0 Å². The van der Waals surface area contributed by atoms with Crippen molar-refractivity contribution < 1.29 is 9.53 Å². The number of nitrogens with one attached hydrogen (secondary N) is 1. The van der Waals surface area contributed by atoms with Crippen LogP contribution in [-0.2, 0) is 16.0 Å². The van der Waals surface area contributed by atoms with Gasteiger partial charge >= 0.3 is 0 Å². The molecule has 1 fully saturated rings. The van der Waals surface area contributed by atoms with E-state index >= 15 is 0 Å². The van der Waals surface area contributed by atoms with Crippen molar-refractivity contribution >= 4 is 22.9 Å². The highest BCUT2D eigenvalue weighted by Crippen LogP contribution is 2.18. The fraction of sp³-hybridized carbons (Fsp3) is 0.421. The van der Waals surface area contributed by atoms with Crippen LogP contribution < -0.4 is 10.2 Å². The van der Waals surface area contributed by atoms with Crippen molar-refractivity contribution in [2.24, 2.45) is 0 Å². The number of ether oxygens (including phenoxy) is 1. The quantitative estimate of drug-likeness (QED) is 0.839. The molecule has 0 bridgehead atoms. The van der Waals surface area contributed by atoms with Gasteiger partial charge in [0.15, 0.2) is 0 Å². The lowest BCUT2D eigenvalue weighted by atomic mass is 10.1. The summed E-state index contributed by atoms with van der Waals surface area (Å²) in [4.78, 5) is 15.5. The van der Waals surface area contributed by atoms with Crippen LogP contribution in [0.4, 0.5) is 5.69 Å². The van der Waals surface area contributed by atoms with Crippen LogP contribution in [-0.4, -0.2) is 38.3 Å². The van der Waals surface area contributed by atoms with Gasteiger partial charge in [-0.05, 0) is 36.4 Å². The third-order valence-corrected chi connectivity index (χ3v) is 5.16. The fourth-order valence-electron chi connectivity index (χ4n) is 2.92. The molecule has 0 spiro atoms. The number of carbonyl (C=O) groups excluding carboxylic acids is 1. The van der Waals surface area contributed by atoms with Crippen LogP contribution in [0.25, 0.3) is 0 Å². The molecular weight excluding hydrogens is 320 g/mol. The van der Waals surface area contributed by atoms with E-state index in [2.05, 4.69) is 40.5 Å². The molecular formula is C19H24N2O2S. The summed E-state index contributed by atoms with van der Waals surface area (Å²) in [7, 11) is 0. The lowest BCUT2D eigenvalue weighted by Crippen LogP contribution is -2.43. The third-order valence-electron chi connectivity index (χ3n) is 4.23. The minimum Gasteiger partial charge on any atom is -0.374 e. The van der Waals surface area contributed by atoms with Crippen LogP contribution in [0, 0.1) is 0 Å². The highest BCUT2D eigenvalue weighted by Gasteiger charge is 2.20. The third kappa shape index (κ3) is 5.08. The molecule has 0 saturated carbocycles. The Bertz CT molecular complexity index is 616. The monoisotopic (exact) mass is 344 g/mol. The lowest BCUT2D eigenvalue weighted by Gasteiger charge is -2.34. The van der Waals surface area contributed by atoms with Gasteiger partial charge in [-0.15, -0.1) is 11.3 Å². The van der Waals surface area contributed by atoms with Crippen molar-refractivity contribution in [1.29, 1.82) is 0 Å². The molecule has 3 rings (SSSR count). The molecule has 1 amide bonds. The van der Waals surface area contributed by atoms with E-state index in [0.717, 1.165) is 32.5 Å². The molecule has 1 saturated heterocycles. The molecule has 4 nitrogen and oxygen atoms in total. The van der Waals surface area contributed by atoms with Crippen molar-refractivity contribution in [3.05, 3.63) is 52.7 Å². The summed E-state index contributed by atoms with van der Waals surface area (Å²) in [6.07, 6.45) is 2.41. The van der Waals surface area contributed by atoms with Crippen molar-refractivity contribution in [3.8, 4) is 0 Å². The highest BCUT2D eigenvalue weighted by molar-refractivity contribution is 7.09. The Morgan fingerprint density at radius 2 is 2.12 bits per heavy atom. The number of hydrogen-bond donors (Lipinski definition) is 1. The molecule has 2 aromatic rings. The molecule has 1 aliphatic heterocycles. The first-order valence-corrected chi connectivity index (χ1v) is 9.40. The molecule has 1 N–H and O–H groups in total. The maximum atomic E-state index is 11.9. The van der Waals surface area contributed by atoms with Gasteiger partial charge in [-0.3, -0.25) is 4.79 Å². The van der Waals surface area contributed by atoms with Gasteiger partial charge in [0, 0.05) is 36.6 Å². The normalized spacial score (nSPS) is 17.7. The largest absolute Gasteiger partial charge is 0.374 e. The number of para-hydroxylation sites is 1. The number of amides is 1. The van der Waals surface area contributed by atoms with E-state index in [9.17, 15) is 4.79 Å². The lowest BCUT2D eigenvalue weighted by molar-refractivity contribution is -0.121. The van der Waals surface area contributed by atoms with Gasteiger partial charge < -0.3 is 15.0 Å². The van der Waals surface area contributed by atoms with Gasteiger partial charge in [0.2, 0.25) is 5.91 Å². The molecule has 128 valence electrons. The summed E-state index contributed by atoms with van der Waals surface area (Å²) in [6, 6.07) is 14.5. The number of rotatable bonds is 7. The standard InChI is InChI=1S/C19H24N2O2S/c22-19(9-8-18-7-4-14-24-18)20-11-10-17-15-21(12-13-23-17)16-5-2-1-3-6-16/h1-7,14,17H,8-13,15H2,(H,20,22). The molecule has 1 atom stereocenters. The van der Waals surface area contributed by atoms with Crippen LogP contribution in [0.5, 0.6) is 0 Å². The fourth-order valence-corrected chi connectivity index (χ4v) is 3.63. The summed E-state index contributed by atoms with van der Waals surface area (Å²) in [5.74, 6) is 0.124. The van der Waals surface area contributed by atoms with E-state index in [0.29, 0.717) is 13.0 Å². The van der Waals surface area contributed by atoms with Crippen molar-refractivity contribution in [2.45, 2.75) is 25.4 Å². The molecule has 24 heavy (non-hydrogen) atoms. The number of morpholine rings is 1. The predicted octanol–water partition coefficient (Wildman–Crippen LogP) is 3.09. The minimum absolute atomic E-state index is 0.124. The van der Waals surface area contributed by atoms with Crippen LogP contribution in [0.15, 0.2) is 47.8 Å². The van der Waals surface area contributed by atoms with Crippen LogP contribution >= 0.6 is 11.3 Å². The van der Waals surface area contributed by atoms with Crippen molar-refractivity contribution in [1.82, 2.24) is 5.32 Å². The Labute approximate surface area is 147 Å². The SMILES string of the molecule is O=C(CCc1cccs1)NCCC1CN(c2ccccc2)CCO1. The Hall–Kier alpha value is -1.85. The Kier molecular flexibility index (Phi) is 6.26. The van der Waals surface area contributed by atoms with E-state index in [1.807, 2.05) is 17.5 Å².